The molecule has 0 radical (unpaired) electrons. The fourth-order valence-corrected chi connectivity index (χ4v) is 1.22. The number of aromatic amines is 1. The van der Waals surface area contributed by atoms with Crippen LogP contribution in [0.1, 0.15) is 18.3 Å². The molecule has 1 rings (SSSR count). The minimum atomic E-state index is 0.474. The standard InChI is InChI=1S/C9H18N4/c1-7-4-9(13-12-7)6-11-8(2)5-10-3/h4,8,10-11H,5-6H2,1-3H3,(H,12,13). The van der Waals surface area contributed by atoms with E-state index in [1.54, 1.807) is 0 Å². The number of nitrogens with zero attached hydrogens (tertiary/aromatic N) is 1. The van der Waals surface area contributed by atoms with Crippen molar-refractivity contribution in [2.45, 2.75) is 26.4 Å². The second-order valence-electron chi connectivity index (χ2n) is 3.38. The lowest BCUT2D eigenvalue weighted by Crippen LogP contribution is -2.34. The Morgan fingerprint density at radius 2 is 2.38 bits per heavy atom. The molecule has 0 bridgehead atoms. The van der Waals surface area contributed by atoms with Crippen LogP contribution in [-0.4, -0.2) is 29.8 Å². The lowest BCUT2D eigenvalue weighted by atomic mass is 10.3. The molecule has 1 aromatic rings. The van der Waals surface area contributed by atoms with Crippen molar-refractivity contribution < 1.29 is 0 Å². The first-order chi connectivity index (χ1) is 6.22. The number of H-pyrrole nitrogens is 1. The first-order valence-corrected chi connectivity index (χ1v) is 4.61. The summed E-state index contributed by atoms with van der Waals surface area (Å²) in [5, 5.41) is 13.5. The van der Waals surface area contributed by atoms with Gasteiger partial charge >= 0.3 is 0 Å². The molecule has 74 valence electrons. The number of aromatic nitrogens is 2. The third-order valence-corrected chi connectivity index (χ3v) is 1.90. The Balaban J connectivity index is 2.26. The van der Waals surface area contributed by atoms with E-state index >= 15 is 0 Å². The largest absolute Gasteiger partial charge is 0.318 e. The van der Waals surface area contributed by atoms with Crippen LogP contribution in [0.4, 0.5) is 0 Å². The fourth-order valence-electron chi connectivity index (χ4n) is 1.22. The molecule has 4 nitrogen and oxygen atoms in total. The molecule has 0 aliphatic carbocycles. The highest BCUT2D eigenvalue weighted by Crippen LogP contribution is 1.96. The Morgan fingerprint density at radius 3 is 2.92 bits per heavy atom. The average Bonchev–Trinajstić information content (AvgIpc) is 2.49. The summed E-state index contributed by atoms with van der Waals surface area (Å²) in [5.41, 5.74) is 2.18. The predicted molar refractivity (Wildman–Crippen MR) is 53.6 cm³/mol. The Labute approximate surface area is 79.1 Å². The minimum absolute atomic E-state index is 0.474. The molecule has 1 aromatic heterocycles. The van der Waals surface area contributed by atoms with Crippen LogP contribution in [0.5, 0.6) is 0 Å². The first-order valence-electron chi connectivity index (χ1n) is 4.61. The molecule has 0 spiro atoms. The number of nitrogens with one attached hydrogen (secondary N) is 3. The number of hydrogen-bond donors (Lipinski definition) is 3. The van der Waals surface area contributed by atoms with Crippen molar-refractivity contribution in [3.63, 3.8) is 0 Å². The summed E-state index contributed by atoms with van der Waals surface area (Å²) in [6, 6.07) is 2.53. The van der Waals surface area contributed by atoms with Gasteiger partial charge in [0.2, 0.25) is 0 Å². The van der Waals surface area contributed by atoms with Gasteiger partial charge in [0.15, 0.2) is 0 Å². The molecule has 0 saturated carbocycles. The van der Waals surface area contributed by atoms with Crippen molar-refractivity contribution >= 4 is 0 Å². The topological polar surface area (TPSA) is 52.7 Å². The van der Waals surface area contributed by atoms with E-state index in [-0.39, 0.29) is 0 Å². The van der Waals surface area contributed by atoms with Crippen molar-refractivity contribution in [2.75, 3.05) is 13.6 Å². The van der Waals surface area contributed by atoms with E-state index in [2.05, 4.69) is 33.8 Å². The molecule has 0 aliphatic rings. The molecule has 0 fully saturated rings. The summed E-state index contributed by atoms with van der Waals surface area (Å²) < 4.78 is 0. The molecule has 0 aromatic carbocycles. The van der Waals surface area contributed by atoms with Crippen LogP contribution in [0.2, 0.25) is 0 Å². The smallest absolute Gasteiger partial charge is 0.0762 e. The molecular formula is C9H18N4. The van der Waals surface area contributed by atoms with E-state index < -0.39 is 0 Å². The van der Waals surface area contributed by atoms with E-state index in [1.807, 2.05) is 14.0 Å². The number of likely N-dealkylation sites (N-methyl/N-ethyl adjacent to an activating group) is 1. The maximum Gasteiger partial charge on any atom is 0.0762 e. The van der Waals surface area contributed by atoms with Gasteiger partial charge in [-0.05, 0) is 27.0 Å². The summed E-state index contributed by atoms with van der Waals surface area (Å²) in [6.07, 6.45) is 0. The summed E-state index contributed by atoms with van der Waals surface area (Å²) in [7, 11) is 1.96. The summed E-state index contributed by atoms with van der Waals surface area (Å²) in [5.74, 6) is 0. The zero-order chi connectivity index (χ0) is 9.68. The molecule has 0 aliphatic heterocycles. The van der Waals surface area contributed by atoms with Crippen LogP contribution in [-0.2, 0) is 6.54 Å². The van der Waals surface area contributed by atoms with Crippen molar-refractivity contribution in [2.24, 2.45) is 0 Å². The highest BCUT2D eigenvalue weighted by atomic mass is 15.1. The van der Waals surface area contributed by atoms with E-state index in [1.165, 1.54) is 0 Å². The molecule has 1 unspecified atom stereocenters. The Kier molecular flexibility index (Phi) is 3.92. The predicted octanol–water partition coefficient (Wildman–Crippen LogP) is 0.416. The van der Waals surface area contributed by atoms with Gasteiger partial charge in [0.25, 0.3) is 0 Å². The molecule has 3 N–H and O–H groups in total. The van der Waals surface area contributed by atoms with Gasteiger partial charge in [-0.25, -0.2) is 0 Å². The van der Waals surface area contributed by atoms with E-state index in [9.17, 15) is 0 Å². The summed E-state index contributed by atoms with van der Waals surface area (Å²) >= 11 is 0. The van der Waals surface area contributed by atoms with Crippen LogP contribution >= 0.6 is 0 Å². The maximum absolute atomic E-state index is 4.14. The van der Waals surface area contributed by atoms with Gasteiger partial charge in [-0.15, -0.1) is 0 Å². The van der Waals surface area contributed by atoms with E-state index in [4.69, 9.17) is 0 Å². The average molecular weight is 182 g/mol. The molecule has 0 saturated heterocycles. The Bertz CT molecular complexity index is 244. The second kappa shape index (κ2) is 4.99. The number of aryl methyl sites for hydroxylation is 1. The highest BCUT2D eigenvalue weighted by Gasteiger charge is 2.01. The third-order valence-electron chi connectivity index (χ3n) is 1.90. The van der Waals surface area contributed by atoms with Gasteiger partial charge < -0.3 is 10.6 Å². The third kappa shape index (κ3) is 3.57. The molecule has 1 heterocycles. The summed E-state index contributed by atoms with van der Waals surface area (Å²) in [6.45, 7) is 5.96. The lowest BCUT2D eigenvalue weighted by molar-refractivity contribution is 0.518. The van der Waals surface area contributed by atoms with Crippen molar-refractivity contribution in [1.82, 2.24) is 20.8 Å². The van der Waals surface area contributed by atoms with Crippen LogP contribution < -0.4 is 10.6 Å². The quantitative estimate of drug-likeness (QED) is 0.618. The van der Waals surface area contributed by atoms with Crippen LogP contribution in [0.3, 0.4) is 0 Å². The fraction of sp³-hybridized carbons (Fsp3) is 0.667. The van der Waals surface area contributed by atoms with Crippen molar-refractivity contribution in [3.8, 4) is 0 Å². The molecule has 1 atom stereocenters. The molecule has 0 amide bonds. The molecule has 13 heavy (non-hydrogen) atoms. The van der Waals surface area contributed by atoms with Crippen molar-refractivity contribution in [3.05, 3.63) is 17.5 Å². The SMILES string of the molecule is CNCC(C)NCc1cc(C)[nH]n1. The van der Waals surface area contributed by atoms with E-state index in [0.717, 1.165) is 24.5 Å². The minimum Gasteiger partial charge on any atom is -0.318 e. The van der Waals surface area contributed by atoms with Crippen LogP contribution in [0.25, 0.3) is 0 Å². The van der Waals surface area contributed by atoms with Gasteiger partial charge in [0.1, 0.15) is 0 Å². The second-order valence-corrected chi connectivity index (χ2v) is 3.38. The van der Waals surface area contributed by atoms with Crippen LogP contribution in [0.15, 0.2) is 6.07 Å². The van der Waals surface area contributed by atoms with Crippen LogP contribution in [0, 0.1) is 6.92 Å². The zero-order valence-corrected chi connectivity index (χ0v) is 8.52. The Morgan fingerprint density at radius 1 is 1.62 bits per heavy atom. The Hall–Kier alpha value is -0.870. The zero-order valence-electron chi connectivity index (χ0n) is 8.52. The van der Waals surface area contributed by atoms with Crippen molar-refractivity contribution in [1.29, 1.82) is 0 Å². The first kappa shape index (κ1) is 10.2. The molecular weight excluding hydrogens is 164 g/mol. The summed E-state index contributed by atoms with van der Waals surface area (Å²) in [4.78, 5) is 0. The van der Waals surface area contributed by atoms with Gasteiger partial charge in [0.05, 0.1) is 5.69 Å². The number of hydrogen-bond acceptors (Lipinski definition) is 3. The van der Waals surface area contributed by atoms with E-state index in [0.29, 0.717) is 6.04 Å². The van der Waals surface area contributed by atoms with Gasteiger partial charge in [0, 0.05) is 24.8 Å². The highest BCUT2D eigenvalue weighted by molar-refractivity contribution is 5.06. The van der Waals surface area contributed by atoms with Gasteiger partial charge in [-0.2, -0.15) is 5.10 Å². The van der Waals surface area contributed by atoms with Gasteiger partial charge in [-0.1, -0.05) is 0 Å². The van der Waals surface area contributed by atoms with Gasteiger partial charge in [-0.3, -0.25) is 5.10 Å². The number of rotatable bonds is 5. The molecule has 4 heteroatoms. The lowest BCUT2D eigenvalue weighted by Gasteiger charge is -2.11. The normalized spacial score (nSPS) is 13.2. The maximum atomic E-state index is 4.14. The monoisotopic (exact) mass is 182 g/mol.